The number of alkyl halides is 1. The standard InChI is InChI=1S/C19H15Cl3N2O2/c1-11(20)19(25)24(2)13-6-3-5-12(9-13)17-10-16(23-26-17)18-14(21)7-4-8-15(18)22/h3-11H,1-2H3. The van der Waals surface area contributed by atoms with Gasteiger partial charge in [0.2, 0.25) is 5.91 Å². The van der Waals surface area contributed by atoms with Gasteiger partial charge in [0.15, 0.2) is 5.76 Å². The minimum atomic E-state index is -0.608. The van der Waals surface area contributed by atoms with E-state index in [0.29, 0.717) is 32.8 Å². The summed E-state index contributed by atoms with van der Waals surface area (Å²) in [4.78, 5) is 13.6. The van der Waals surface area contributed by atoms with E-state index in [2.05, 4.69) is 5.16 Å². The van der Waals surface area contributed by atoms with Crippen LogP contribution in [-0.2, 0) is 4.79 Å². The van der Waals surface area contributed by atoms with Crippen LogP contribution < -0.4 is 4.90 Å². The van der Waals surface area contributed by atoms with Gasteiger partial charge in [-0.15, -0.1) is 11.6 Å². The SMILES string of the molecule is CC(Cl)C(=O)N(C)c1cccc(-c2cc(-c3c(Cl)cccc3Cl)no2)c1. The average Bonchev–Trinajstić information content (AvgIpc) is 3.10. The molecule has 0 saturated heterocycles. The van der Waals surface area contributed by atoms with Gasteiger partial charge in [-0.3, -0.25) is 4.79 Å². The van der Waals surface area contributed by atoms with Crippen LogP contribution in [0, 0.1) is 0 Å². The molecule has 7 heteroatoms. The summed E-state index contributed by atoms with van der Waals surface area (Å²) < 4.78 is 5.46. The fraction of sp³-hybridized carbons (Fsp3) is 0.158. The van der Waals surface area contributed by atoms with Crippen LogP contribution in [-0.4, -0.2) is 23.5 Å². The van der Waals surface area contributed by atoms with Crippen molar-refractivity contribution in [1.29, 1.82) is 0 Å². The summed E-state index contributed by atoms with van der Waals surface area (Å²) in [5.74, 6) is 0.350. The van der Waals surface area contributed by atoms with E-state index in [-0.39, 0.29) is 5.91 Å². The van der Waals surface area contributed by atoms with E-state index < -0.39 is 5.38 Å². The smallest absolute Gasteiger partial charge is 0.244 e. The molecule has 26 heavy (non-hydrogen) atoms. The van der Waals surface area contributed by atoms with Gasteiger partial charge in [0, 0.05) is 29.9 Å². The molecule has 0 N–H and O–H groups in total. The van der Waals surface area contributed by atoms with Crippen LogP contribution in [0.4, 0.5) is 5.69 Å². The molecule has 0 aliphatic rings. The molecule has 1 heterocycles. The summed E-state index contributed by atoms with van der Waals surface area (Å²) in [5.41, 5.74) is 2.63. The number of hydrogen-bond donors (Lipinski definition) is 0. The van der Waals surface area contributed by atoms with Crippen LogP contribution in [0.5, 0.6) is 0 Å². The molecule has 1 unspecified atom stereocenters. The Bertz CT molecular complexity index is 933. The summed E-state index contributed by atoms with van der Waals surface area (Å²) in [5, 5.41) is 4.45. The third-order valence-electron chi connectivity index (χ3n) is 3.92. The minimum Gasteiger partial charge on any atom is -0.356 e. The van der Waals surface area contributed by atoms with Gasteiger partial charge in [0.1, 0.15) is 11.1 Å². The van der Waals surface area contributed by atoms with Gasteiger partial charge >= 0.3 is 0 Å². The lowest BCUT2D eigenvalue weighted by Crippen LogP contribution is -2.31. The molecule has 1 atom stereocenters. The number of rotatable bonds is 4. The van der Waals surface area contributed by atoms with Crippen molar-refractivity contribution >= 4 is 46.4 Å². The predicted molar refractivity (Wildman–Crippen MR) is 106 cm³/mol. The highest BCUT2D eigenvalue weighted by Gasteiger charge is 2.18. The van der Waals surface area contributed by atoms with Crippen LogP contribution in [0.25, 0.3) is 22.6 Å². The van der Waals surface area contributed by atoms with E-state index in [0.717, 1.165) is 5.56 Å². The maximum Gasteiger partial charge on any atom is 0.244 e. The second-order valence-corrected chi connectivity index (χ2v) is 7.21. The number of anilines is 1. The van der Waals surface area contributed by atoms with Crippen molar-refractivity contribution in [2.75, 3.05) is 11.9 Å². The Hall–Kier alpha value is -2.01. The number of benzene rings is 2. The van der Waals surface area contributed by atoms with E-state index in [1.54, 1.807) is 38.2 Å². The van der Waals surface area contributed by atoms with E-state index in [4.69, 9.17) is 39.3 Å². The minimum absolute atomic E-state index is 0.190. The molecule has 1 aromatic heterocycles. The highest BCUT2D eigenvalue weighted by molar-refractivity contribution is 6.39. The zero-order chi connectivity index (χ0) is 18.8. The lowest BCUT2D eigenvalue weighted by Gasteiger charge is -2.19. The topological polar surface area (TPSA) is 46.3 Å². The van der Waals surface area contributed by atoms with Gasteiger partial charge in [0.25, 0.3) is 0 Å². The number of amides is 1. The first kappa shape index (κ1) is 18.8. The molecule has 0 fully saturated rings. The third-order valence-corrected chi connectivity index (χ3v) is 4.73. The Balaban J connectivity index is 1.95. The van der Waals surface area contributed by atoms with Crippen LogP contribution >= 0.6 is 34.8 Å². The number of nitrogens with zero attached hydrogens (tertiary/aromatic N) is 2. The Labute approximate surface area is 166 Å². The van der Waals surface area contributed by atoms with Crippen molar-refractivity contribution in [2.24, 2.45) is 0 Å². The summed E-state index contributed by atoms with van der Waals surface area (Å²) in [6, 6.07) is 14.4. The molecule has 0 bridgehead atoms. The number of carbonyl (C=O) groups is 1. The number of aromatic nitrogens is 1. The summed E-state index contributed by atoms with van der Waals surface area (Å²) in [6.45, 7) is 1.64. The third kappa shape index (κ3) is 3.73. The maximum atomic E-state index is 12.1. The lowest BCUT2D eigenvalue weighted by atomic mass is 10.1. The van der Waals surface area contributed by atoms with E-state index in [1.165, 1.54) is 4.90 Å². The first-order chi connectivity index (χ1) is 12.4. The monoisotopic (exact) mass is 408 g/mol. The van der Waals surface area contributed by atoms with Crippen LogP contribution in [0.15, 0.2) is 53.1 Å². The molecule has 0 aliphatic heterocycles. The first-order valence-corrected chi connectivity index (χ1v) is 9.01. The zero-order valence-electron chi connectivity index (χ0n) is 14.0. The molecule has 134 valence electrons. The lowest BCUT2D eigenvalue weighted by molar-refractivity contribution is -0.117. The van der Waals surface area contributed by atoms with Crippen LogP contribution in [0.2, 0.25) is 10.0 Å². The summed E-state index contributed by atoms with van der Waals surface area (Å²) in [6.07, 6.45) is 0. The first-order valence-electron chi connectivity index (χ1n) is 7.81. The van der Waals surface area contributed by atoms with Crippen LogP contribution in [0.1, 0.15) is 6.92 Å². The number of hydrogen-bond acceptors (Lipinski definition) is 3. The Morgan fingerprint density at radius 2 is 1.77 bits per heavy atom. The second kappa shape index (κ2) is 7.70. The average molecular weight is 410 g/mol. The maximum absolute atomic E-state index is 12.1. The highest BCUT2D eigenvalue weighted by Crippen LogP contribution is 2.36. The van der Waals surface area contributed by atoms with Gasteiger partial charge in [0.05, 0.1) is 10.0 Å². The normalized spacial score (nSPS) is 12.0. The van der Waals surface area contributed by atoms with Gasteiger partial charge in [-0.1, -0.05) is 46.6 Å². The van der Waals surface area contributed by atoms with Crippen molar-refractivity contribution in [3.63, 3.8) is 0 Å². The van der Waals surface area contributed by atoms with Gasteiger partial charge in [-0.25, -0.2) is 0 Å². The van der Waals surface area contributed by atoms with Crippen molar-refractivity contribution in [1.82, 2.24) is 5.16 Å². The van der Waals surface area contributed by atoms with Crippen molar-refractivity contribution < 1.29 is 9.32 Å². The summed E-state index contributed by atoms with van der Waals surface area (Å²) >= 11 is 18.3. The highest BCUT2D eigenvalue weighted by atomic mass is 35.5. The van der Waals surface area contributed by atoms with E-state index in [9.17, 15) is 4.79 Å². The Kier molecular flexibility index (Phi) is 5.56. The van der Waals surface area contributed by atoms with Crippen LogP contribution in [0.3, 0.4) is 0 Å². The Morgan fingerprint density at radius 1 is 1.12 bits per heavy atom. The predicted octanol–water partition coefficient (Wildman–Crippen LogP) is 5.91. The molecular weight excluding hydrogens is 395 g/mol. The molecule has 3 aromatic rings. The molecule has 0 aliphatic carbocycles. The van der Waals surface area contributed by atoms with E-state index >= 15 is 0 Å². The largest absolute Gasteiger partial charge is 0.356 e. The Morgan fingerprint density at radius 3 is 2.42 bits per heavy atom. The summed E-state index contributed by atoms with van der Waals surface area (Å²) in [7, 11) is 1.68. The van der Waals surface area contributed by atoms with E-state index in [1.807, 2.05) is 24.3 Å². The molecular formula is C19H15Cl3N2O2. The van der Waals surface area contributed by atoms with Gasteiger partial charge in [-0.05, 0) is 31.2 Å². The fourth-order valence-corrected chi connectivity index (χ4v) is 3.27. The molecule has 2 aromatic carbocycles. The zero-order valence-corrected chi connectivity index (χ0v) is 16.3. The quantitative estimate of drug-likeness (QED) is 0.504. The van der Waals surface area contributed by atoms with Gasteiger partial charge < -0.3 is 9.42 Å². The fourth-order valence-electron chi connectivity index (χ4n) is 2.53. The molecule has 0 saturated carbocycles. The van der Waals surface area contributed by atoms with Crippen molar-refractivity contribution in [2.45, 2.75) is 12.3 Å². The number of carbonyl (C=O) groups excluding carboxylic acids is 1. The molecule has 1 amide bonds. The van der Waals surface area contributed by atoms with Gasteiger partial charge in [-0.2, -0.15) is 0 Å². The van der Waals surface area contributed by atoms with Crippen molar-refractivity contribution in [3.05, 3.63) is 58.6 Å². The molecule has 0 spiro atoms. The van der Waals surface area contributed by atoms with Crippen molar-refractivity contribution in [3.8, 4) is 22.6 Å². The number of halogens is 3. The molecule has 0 radical (unpaired) electrons. The molecule has 4 nitrogen and oxygen atoms in total. The molecule has 3 rings (SSSR count). The second-order valence-electron chi connectivity index (χ2n) is 5.74.